The van der Waals surface area contributed by atoms with Crippen molar-refractivity contribution >= 4 is 6.08 Å². The second-order valence-corrected chi connectivity index (χ2v) is 8.73. The smallest absolute Gasteiger partial charge is 0.0795 e. The van der Waals surface area contributed by atoms with Gasteiger partial charge in [0, 0.05) is 31.2 Å². The van der Waals surface area contributed by atoms with Crippen LogP contribution in [-0.4, -0.2) is 0 Å². The first-order chi connectivity index (χ1) is 16.8. The van der Waals surface area contributed by atoms with Crippen LogP contribution >= 0.6 is 0 Å². The maximum absolute atomic E-state index is 2.35. The van der Waals surface area contributed by atoms with Crippen LogP contribution < -0.4 is 9.35 Å². The van der Waals surface area contributed by atoms with Crippen LogP contribution in [0.25, 0.3) is 39.7 Å². The minimum absolute atomic E-state index is 0.875. The largest absolute Gasteiger partial charge is 0.285 e. The lowest BCUT2D eigenvalue weighted by Gasteiger charge is -2.10. The van der Waals surface area contributed by atoms with Crippen molar-refractivity contribution in [2.75, 3.05) is 0 Å². The Balaban J connectivity index is 1.73. The van der Waals surface area contributed by atoms with Gasteiger partial charge in [0.1, 0.15) is 0 Å². The summed E-state index contributed by atoms with van der Waals surface area (Å²) in [4.78, 5) is 0. The first kappa shape index (κ1) is 20.3. The minimum atomic E-state index is 0.875. The number of benzene rings is 3. The predicted octanol–water partition coefficient (Wildman–Crippen LogP) is 6.45. The standard InChI is InChI=1S/C32H26N2/c1-24-22-28(25-12-3-2-4-13-25)23-32-30-19-8-6-15-27(30)17-11-16-26-14-5-7-18-29(26)31-20-9-10-21-33(31)34(24)32/h2-16,18-23H,17H2,1H3/q+2/b16-11+. The molecular weight excluding hydrogens is 412 g/mol. The monoisotopic (exact) mass is 438 g/mol. The SMILES string of the molecule is Cc1cc(-c2ccccc2)cc2[n+]1-[n+]1ccccc1-c1ccccc1/C=C/Cc1ccccc1-2. The second-order valence-electron chi connectivity index (χ2n) is 8.73. The van der Waals surface area contributed by atoms with Crippen molar-refractivity contribution in [2.45, 2.75) is 13.3 Å². The zero-order valence-electron chi connectivity index (χ0n) is 19.2. The molecule has 0 saturated heterocycles. The summed E-state index contributed by atoms with van der Waals surface area (Å²) in [6, 6.07) is 39.1. The lowest BCUT2D eigenvalue weighted by Crippen LogP contribution is -2.69. The first-order valence-corrected chi connectivity index (χ1v) is 11.8. The van der Waals surface area contributed by atoms with Gasteiger partial charge in [0.2, 0.25) is 6.20 Å². The normalized spacial score (nSPS) is 13.0. The Labute approximate surface area is 200 Å². The van der Waals surface area contributed by atoms with Gasteiger partial charge in [0.15, 0.2) is 0 Å². The molecule has 1 aliphatic heterocycles. The van der Waals surface area contributed by atoms with E-state index in [1.54, 1.807) is 0 Å². The molecule has 34 heavy (non-hydrogen) atoms. The van der Waals surface area contributed by atoms with Crippen LogP contribution in [0, 0.1) is 6.92 Å². The summed E-state index contributed by atoms with van der Waals surface area (Å²) < 4.78 is 4.64. The van der Waals surface area contributed by atoms with E-state index in [1.165, 1.54) is 44.8 Å². The van der Waals surface area contributed by atoms with Gasteiger partial charge in [0.25, 0.3) is 17.1 Å². The number of pyridine rings is 2. The van der Waals surface area contributed by atoms with Gasteiger partial charge < -0.3 is 0 Å². The topological polar surface area (TPSA) is 7.76 Å². The number of nitrogens with zero attached hydrogens (tertiary/aromatic N) is 2. The van der Waals surface area contributed by atoms with E-state index in [0.717, 1.165) is 12.1 Å². The van der Waals surface area contributed by atoms with Crippen molar-refractivity contribution in [1.82, 2.24) is 0 Å². The summed E-state index contributed by atoms with van der Waals surface area (Å²) in [7, 11) is 0. The lowest BCUT2D eigenvalue weighted by molar-refractivity contribution is -1.29. The molecule has 0 spiro atoms. The van der Waals surface area contributed by atoms with E-state index in [1.807, 2.05) is 0 Å². The predicted molar refractivity (Wildman–Crippen MR) is 138 cm³/mol. The quantitative estimate of drug-likeness (QED) is 0.266. The zero-order chi connectivity index (χ0) is 22.9. The third-order valence-corrected chi connectivity index (χ3v) is 6.55. The van der Waals surface area contributed by atoms with Crippen molar-refractivity contribution in [1.29, 1.82) is 0 Å². The van der Waals surface area contributed by atoms with Crippen molar-refractivity contribution in [3.63, 3.8) is 0 Å². The third kappa shape index (κ3) is 3.54. The maximum atomic E-state index is 2.35. The molecule has 3 heterocycles. The molecule has 0 amide bonds. The van der Waals surface area contributed by atoms with Crippen molar-refractivity contribution in [3.05, 3.63) is 138 Å². The molecule has 0 aliphatic carbocycles. The minimum Gasteiger partial charge on any atom is -0.0795 e. The lowest BCUT2D eigenvalue weighted by atomic mass is 9.97. The zero-order valence-corrected chi connectivity index (χ0v) is 19.2. The van der Waals surface area contributed by atoms with E-state index in [4.69, 9.17) is 0 Å². The summed E-state index contributed by atoms with van der Waals surface area (Å²) in [6.07, 6.45) is 7.58. The first-order valence-electron chi connectivity index (χ1n) is 11.8. The van der Waals surface area contributed by atoms with Gasteiger partial charge in [-0.3, -0.25) is 0 Å². The Morgan fingerprint density at radius 2 is 1.35 bits per heavy atom. The van der Waals surface area contributed by atoms with E-state index < -0.39 is 0 Å². The van der Waals surface area contributed by atoms with E-state index in [2.05, 4.69) is 144 Å². The average Bonchev–Trinajstić information content (AvgIpc) is 2.91. The van der Waals surface area contributed by atoms with E-state index >= 15 is 0 Å². The number of rotatable bonds is 1. The molecule has 2 aromatic heterocycles. The number of hydrogen-bond acceptors (Lipinski definition) is 0. The van der Waals surface area contributed by atoms with E-state index in [-0.39, 0.29) is 0 Å². The van der Waals surface area contributed by atoms with Gasteiger partial charge in [-0.15, -0.1) is 0 Å². The fraction of sp³-hybridized carbons (Fsp3) is 0.0625. The van der Waals surface area contributed by atoms with Crippen molar-refractivity contribution in [3.8, 4) is 33.6 Å². The van der Waals surface area contributed by atoms with Crippen LogP contribution in [0.3, 0.4) is 0 Å². The molecule has 0 bridgehead atoms. The molecule has 3 aromatic carbocycles. The van der Waals surface area contributed by atoms with Crippen LogP contribution in [0.5, 0.6) is 0 Å². The Hall–Kier alpha value is -4.30. The van der Waals surface area contributed by atoms with Gasteiger partial charge >= 0.3 is 0 Å². The third-order valence-electron chi connectivity index (χ3n) is 6.55. The second kappa shape index (κ2) is 8.57. The molecule has 162 valence electrons. The van der Waals surface area contributed by atoms with Gasteiger partial charge in [-0.05, 0) is 46.9 Å². The molecule has 2 nitrogen and oxygen atoms in total. The number of allylic oxidation sites excluding steroid dienone is 1. The highest BCUT2D eigenvalue weighted by molar-refractivity contribution is 5.73. The Morgan fingerprint density at radius 3 is 2.24 bits per heavy atom. The highest BCUT2D eigenvalue weighted by atomic mass is 15.5. The van der Waals surface area contributed by atoms with Gasteiger partial charge in [-0.1, -0.05) is 78.9 Å². The summed E-state index contributed by atoms with van der Waals surface area (Å²) in [6.45, 7) is 2.20. The Kier molecular flexibility index (Phi) is 5.12. The molecule has 6 rings (SSSR count). The molecule has 1 aliphatic rings. The number of aromatic nitrogens is 2. The van der Waals surface area contributed by atoms with Crippen LogP contribution in [-0.2, 0) is 6.42 Å². The molecule has 0 N–H and O–H groups in total. The van der Waals surface area contributed by atoms with Crippen molar-refractivity contribution < 1.29 is 9.35 Å². The maximum Gasteiger partial charge on any atom is 0.285 e. The van der Waals surface area contributed by atoms with Crippen LogP contribution in [0.4, 0.5) is 0 Å². The molecule has 0 fully saturated rings. The van der Waals surface area contributed by atoms with Crippen molar-refractivity contribution in [2.24, 2.45) is 0 Å². The number of hydrogen-bond donors (Lipinski definition) is 0. The summed E-state index contributed by atoms with van der Waals surface area (Å²) in [5.74, 6) is 0. The molecular formula is C32H26N2+2. The van der Waals surface area contributed by atoms with Gasteiger partial charge in [0.05, 0.1) is 20.5 Å². The average molecular weight is 439 g/mol. The summed E-state index contributed by atoms with van der Waals surface area (Å²) >= 11 is 0. The fourth-order valence-electron chi connectivity index (χ4n) is 4.96. The number of fused-ring (bicyclic) bond motifs is 7. The van der Waals surface area contributed by atoms with E-state index in [0.29, 0.717) is 0 Å². The molecule has 0 unspecified atom stereocenters. The molecule has 0 atom stereocenters. The Bertz CT molecular complexity index is 1530. The van der Waals surface area contributed by atoms with Crippen LogP contribution in [0.2, 0.25) is 0 Å². The fourth-order valence-corrected chi connectivity index (χ4v) is 4.96. The molecule has 2 heteroatoms. The van der Waals surface area contributed by atoms with Gasteiger partial charge in [-0.25, -0.2) is 0 Å². The summed E-state index contributed by atoms with van der Waals surface area (Å²) in [5.41, 5.74) is 11.0. The highest BCUT2D eigenvalue weighted by Gasteiger charge is 2.32. The molecule has 0 radical (unpaired) electrons. The molecule has 5 aromatic rings. The number of aryl methyl sites for hydroxylation is 1. The van der Waals surface area contributed by atoms with Crippen LogP contribution in [0.15, 0.2) is 121 Å². The van der Waals surface area contributed by atoms with E-state index in [9.17, 15) is 0 Å². The highest BCUT2D eigenvalue weighted by Crippen LogP contribution is 2.29. The van der Waals surface area contributed by atoms with Gasteiger partial charge in [-0.2, -0.15) is 0 Å². The summed E-state index contributed by atoms with van der Waals surface area (Å²) in [5, 5.41) is 0. The van der Waals surface area contributed by atoms with Crippen LogP contribution in [0.1, 0.15) is 16.8 Å². The molecule has 0 saturated carbocycles. The Morgan fingerprint density at radius 1 is 0.618 bits per heavy atom.